The average molecular weight is 281 g/mol. The second-order valence-corrected chi connectivity index (χ2v) is 5.47. The summed E-state index contributed by atoms with van der Waals surface area (Å²) in [5.41, 5.74) is 1.15. The van der Waals surface area contributed by atoms with Gasteiger partial charge in [0.25, 0.3) is 0 Å². The van der Waals surface area contributed by atoms with E-state index in [-0.39, 0.29) is 11.8 Å². The van der Waals surface area contributed by atoms with Crippen molar-refractivity contribution in [3.8, 4) is 0 Å². The van der Waals surface area contributed by atoms with Crippen LogP contribution in [-0.4, -0.2) is 25.5 Å². The number of carbonyl (C=O) groups excluding carboxylic acids is 1. The predicted molar refractivity (Wildman–Crippen MR) is 79.7 cm³/mol. The number of halogens is 1. The third kappa shape index (κ3) is 3.87. The zero-order valence-corrected chi connectivity index (χ0v) is 12.1. The lowest BCUT2D eigenvalue weighted by atomic mass is 9.95. The van der Waals surface area contributed by atoms with Crippen molar-refractivity contribution >= 4 is 23.2 Å². The van der Waals surface area contributed by atoms with Crippen molar-refractivity contribution in [3.63, 3.8) is 0 Å². The number of amides is 1. The van der Waals surface area contributed by atoms with Crippen molar-refractivity contribution in [1.29, 1.82) is 0 Å². The number of anilines is 1. The molecule has 1 heterocycles. The van der Waals surface area contributed by atoms with E-state index >= 15 is 0 Å². The van der Waals surface area contributed by atoms with E-state index in [1.54, 1.807) is 0 Å². The summed E-state index contributed by atoms with van der Waals surface area (Å²) >= 11 is 6.01. The van der Waals surface area contributed by atoms with Gasteiger partial charge in [-0.25, -0.2) is 0 Å². The summed E-state index contributed by atoms with van der Waals surface area (Å²) in [6.07, 6.45) is 2.83. The minimum Gasteiger partial charge on any atom is -0.371 e. The van der Waals surface area contributed by atoms with Crippen LogP contribution in [0.15, 0.2) is 24.3 Å². The maximum atomic E-state index is 11.9. The summed E-state index contributed by atoms with van der Waals surface area (Å²) in [4.78, 5) is 14.2. The highest BCUT2D eigenvalue weighted by Crippen LogP contribution is 2.25. The second-order valence-electron chi connectivity index (χ2n) is 5.03. The number of hydrogen-bond acceptors (Lipinski definition) is 2. The van der Waals surface area contributed by atoms with Gasteiger partial charge in [0.05, 0.1) is 0 Å². The van der Waals surface area contributed by atoms with Crippen molar-refractivity contribution in [2.75, 3.05) is 24.5 Å². The van der Waals surface area contributed by atoms with Crippen LogP contribution >= 0.6 is 11.6 Å². The van der Waals surface area contributed by atoms with Crippen molar-refractivity contribution in [2.45, 2.75) is 26.2 Å². The van der Waals surface area contributed by atoms with Gasteiger partial charge in [0.2, 0.25) is 5.91 Å². The zero-order chi connectivity index (χ0) is 13.7. The number of rotatable bonds is 4. The van der Waals surface area contributed by atoms with Gasteiger partial charge in [0.15, 0.2) is 0 Å². The number of hydrogen-bond donors (Lipinski definition) is 1. The van der Waals surface area contributed by atoms with E-state index in [1.807, 2.05) is 18.2 Å². The molecule has 0 saturated carbocycles. The van der Waals surface area contributed by atoms with Gasteiger partial charge in [-0.1, -0.05) is 24.6 Å². The third-order valence-corrected chi connectivity index (χ3v) is 3.82. The predicted octanol–water partition coefficient (Wildman–Crippen LogP) is 3.08. The lowest BCUT2D eigenvalue weighted by Gasteiger charge is -2.33. The van der Waals surface area contributed by atoms with Crippen LogP contribution in [0, 0.1) is 5.92 Å². The standard InChI is InChI=1S/C15H21ClN2O/c1-2-8-17-15(19)12-6-9-18(10-7-12)14-5-3-4-13(16)11-14/h3-5,11-12H,2,6-10H2,1H3,(H,17,19). The Balaban J connectivity index is 1.87. The SMILES string of the molecule is CCCNC(=O)C1CCN(c2cccc(Cl)c2)CC1. The van der Waals surface area contributed by atoms with Crippen LogP contribution < -0.4 is 10.2 Å². The topological polar surface area (TPSA) is 32.3 Å². The lowest BCUT2D eigenvalue weighted by Crippen LogP contribution is -2.40. The lowest BCUT2D eigenvalue weighted by molar-refractivity contribution is -0.125. The zero-order valence-electron chi connectivity index (χ0n) is 11.4. The fourth-order valence-electron chi connectivity index (χ4n) is 2.47. The Morgan fingerprint density at radius 3 is 2.79 bits per heavy atom. The molecule has 0 aromatic heterocycles. The second kappa shape index (κ2) is 6.80. The van der Waals surface area contributed by atoms with E-state index in [4.69, 9.17) is 11.6 Å². The number of carbonyl (C=O) groups is 1. The van der Waals surface area contributed by atoms with Gasteiger partial charge in [-0.15, -0.1) is 0 Å². The van der Waals surface area contributed by atoms with Gasteiger partial charge in [-0.05, 0) is 37.5 Å². The molecule has 1 aliphatic rings. The fraction of sp³-hybridized carbons (Fsp3) is 0.533. The van der Waals surface area contributed by atoms with E-state index in [0.29, 0.717) is 0 Å². The first kappa shape index (κ1) is 14.2. The molecule has 1 aromatic carbocycles. The van der Waals surface area contributed by atoms with E-state index < -0.39 is 0 Å². The maximum Gasteiger partial charge on any atom is 0.223 e. The van der Waals surface area contributed by atoms with Crippen LogP contribution in [0.1, 0.15) is 26.2 Å². The first-order valence-electron chi connectivity index (χ1n) is 6.99. The highest BCUT2D eigenvalue weighted by Gasteiger charge is 2.24. The van der Waals surface area contributed by atoms with Crippen molar-refractivity contribution in [2.24, 2.45) is 5.92 Å². The monoisotopic (exact) mass is 280 g/mol. The summed E-state index contributed by atoms with van der Waals surface area (Å²) in [6.45, 7) is 4.70. The minimum atomic E-state index is 0.169. The molecule has 0 unspecified atom stereocenters. The average Bonchev–Trinajstić information content (AvgIpc) is 2.45. The normalized spacial score (nSPS) is 16.4. The molecule has 1 amide bonds. The molecular formula is C15H21ClN2O. The van der Waals surface area contributed by atoms with Gasteiger partial charge in [0.1, 0.15) is 0 Å². The van der Waals surface area contributed by atoms with Crippen molar-refractivity contribution in [1.82, 2.24) is 5.32 Å². The van der Waals surface area contributed by atoms with Gasteiger partial charge in [0, 0.05) is 36.3 Å². The van der Waals surface area contributed by atoms with Crippen molar-refractivity contribution in [3.05, 3.63) is 29.3 Å². The summed E-state index contributed by atoms with van der Waals surface area (Å²) in [5, 5.41) is 3.75. The van der Waals surface area contributed by atoms with E-state index in [2.05, 4.69) is 23.2 Å². The Morgan fingerprint density at radius 1 is 1.42 bits per heavy atom. The molecule has 0 aliphatic carbocycles. The number of piperidine rings is 1. The highest BCUT2D eigenvalue weighted by molar-refractivity contribution is 6.30. The van der Waals surface area contributed by atoms with Crippen LogP contribution in [0.5, 0.6) is 0 Å². The number of benzene rings is 1. The Labute approximate surface area is 119 Å². The molecule has 0 spiro atoms. The van der Waals surface area contributed by atoms with Crippen LogP contribution in [0.25, 0.3) is 0 Å². The van der Waals surface area contributed by atoms with Gasteiger partial charge >= 0.3 is 0 Å². The van der Waals surface area contributed by atoms with Crippen LogP contribution in [-0.2, 0) is 4.79 Å². The Morgan fingerprint density at radius 2 is 2.16 bits per heavy atom. The maximum absolute atomic E-state index is 11.9. The van der Waals surface area contributed by atoms with E-state index in [0.717, 1.165) is 49.6 Å². The molecule has 104 valence electrons. The summed E-state index contributed by atoms with van der Waals surface area (Å²) in [7, 11) is 0. The van der Waals surface area contributed by atoms with E-state index in [9.17, 15) is 4.79 Å². The van der Waals surface area contributed by atoms with Gasteiger partial charge < -0.3 is 10.2 Å². The van der Waals surface area contributed by atoms with Gasteiger partial charge in [-0.3, -0.25) is 4.79 Å². The molecule has 1 fully saturated rings. The molecule has 3 nitrogen and oxygen atoms in total. The first-order chi connectivity index (χ1) is 9.20. The van der Waals surface area contributed by atoms with E-state index in [1.165, 1.54) is 0 Å². The third-order valence-electron chi connectivity index (χ3n) is 3.59. The van der Waals surface area contributed by atoms with Crippen LogP contribution in [0.2, 0.25) is 5.02 Å². The molecule has 1 saturated heterocycles. The number of nitrogens with zero attached hydrogens (tertiary/aromatic N) is 1. The molecule has 2 rings (SSSR count). The molecule has 1 N–H and O–H groups in total. The Bertz CT molecular complexity index is 428. The largest absolute Gasteiger partial charge is 0.371 e. The molecule has 1 aromatic rings. The van der Waals surface area contributed by atoms with Crippen LogP contribution in [0.3, 0.4) is 0 Å². The summed E-state index contributed by atoms with van der Waals surface area (Å²) < 4.78 is 0. The smallest absolute Gasteiger partial charge is 0.223 e. The molecule has 0 radical (unpaired) electrons. The Kier molecular flexibility index (Phi) is 5.08. The summed E-state index contributed by atoms with van der Waals surface area (Å²) in [5.74, 6) is 0.384. The molecule has 0 atom stereocenters. The Hall–Kier alpha value is -1.22. The molecule has 0 bridgehead atoms. The van der Waals surface area contributed by atoms with Crippen LogP contribution in [0.4, 0.5) is 5.69 Å². The van der Waals surface area contributed by atoms with Gasteiger partial charge in [-0.2, -0.15) is 0 Å². The quantitative estimate of drug-likeness (QED) is 0.919. The summed E-state index contributed by atoms with van der Waals surface area (Å²) in [6, 6.07) is 7.91. The highest BCUT2D eigenvalue weighted by atomic mass is 35.5. The molecule has 4 heteroatoms. The number of nitrogens with one attached hydrogen (secondary N) is 1. The molecule has 19 heavy (non-hydrogen) atoms. The molecular weight excluding hydrogens is 260 g/mol. The molecule has 1 aliphatic heterocycles. The van der Waals surface area contributed by atoms with Crippen molar-refractivity contribution < 1.29 is 4.79 Å². The minimum absolute atomic E-state index is 0.169. The fourth-order valence-corrected chi connectivity index (χ4v) is 2.65. The first-order valence-corrected chi connectivity index (χ1v) is 7.36.